The molecule has 0 fully saturated rings. The molecular weight excluding hydrogens is 190 g/mol. The van der Waals surface area contributed by atoms with Crippen LogP contribution in [0.5, 0.6) is 0 Å². The van der Waals surface area contributed by atoms with Crippen LogP contribution in [0, 0.1) is 5.92 Å². The summed E-state index contributed by atoms with van der Waals surface area (Å²) in [7, 11) is -3.14. The fourth-order valence-electron chi connectivity index (χ4n) is 0.748. The Kier molecular flexibility index (Phi) is 5.51. The van der Waals surface area contributed by atoms with Crippen LogP contribution in [0.4, 0.5) is 0 Å². The van der Waals surface area contributed by atoms with Gasteiger partial charge in [-0.3, -0.25) is 0 Å². The molecule has 0 bridgehead atoms. The van der Waals surface area contributed by atoms with Crippen molar-refractivity contribution in [1.82, 2.24) is 4.72 Å². The van der Waals surface area contributed by atoms with Crippen LogP contribution in [0.25, 0.3) is 0 Å². The summed E-state index contributed by atoms with van der Waals surface area (Å²) in [6, 6.07) is 0. The van der Waals surface area contributed by atoms with E-state index in [1.165, 1.54) is 0 Å². The number of sulfonamides is 1. The van der Waals surface area contributed by atoms with Crippen molar-refractivity contribution in [2.75, 3.05) is 13.2 Å². The van der Waals surface area contributed by atoms with Crippen LogP contribution < -0.4 is 4.72 Å². The van der Waals surface area contributed by atoms with Crippen LogP contribution in [0.3, 0.4) is 0 Å². The predicted octanol–water partition coefficient (Wildman–Crippen LogP) is 0.333. The van der Waals surface area contributed by atoms with Crippen molar-refractivity contribution in [3.63, 3.8) is 0 Å². The van der Waals surface area contributed by atoms with E-state index in [0.29, 0.717) is 13.0 Å². The molecule has 13 heavy (non-hydrogen) atoms. The Morgan fingerprint density at radius 3 is 2.23 bits per heavy atom. The van der Waals surface area contributed by atoms with Crippen molar-refractivity contribution in [3.8, 4) is 0 Å². The minimum atomic E-state index is -3.14. The summed E-state index contributed by atoms with van der Waals surface area (Å²) in [4.78, 5) is 0. The first-order valence-electron chi connectivity index (χ1n) is 4.49. The average molecular weight is 209 g/mol. The van der Waals surface area contributed by atoms with E-state index >= 15 is 0 Å². The molecule has 0 aromatic carbocycles. The summed E-state index contributed by atoms with van der Waals surface area (Å²) >= 11 is 0. The molecule has 0 aliphatic carbocycles. The topological polar surface area (TPSA) is 66.4 Å². The third-order valence-corrected chi connectivity index (χ3v) is 3.69. The van der Waals surface area contributed by atoms with E-state index in [9.17, 15) is 8.42 Å². The predicted molar refractivity (Wildman–Crippen MR) is 52.9 cm³/mol. The van der Waals surface area contributed by atoms with Crippen LogP contribution in [0.15, 0.2) is 0 Å². The molecule has 0 radical (unpaired) electrons. The van der Waals surface area contributed by atoms with Gasteiger partial charge < -0.3 is 5.11 Å². The van der Waals surface area contributed by atoms with Crippen molar-refractivity contribution in [1.29, 1.82) is 0 Å². The van der Waals surface area contributed by atoms with E-state index in [1.807, 2.05) is 6.92 Å². The SMILES string of the molecule is CC(CCO)CNS(=O)(=O)C(C)C. The van der Waals surface area contributed by atoms with Gasteiger partial charge in [0.2, 0.25) is 10.0 Å². The second kappa shape index (κ2) is 5.57. The van der Waals surface area contributed by atoms with Crippen LogP contribution in [0.1, 0.15) is 27.2 Å². The van der Waals surface area contributed by atoms with Gasteiger partial charge in [0.05, 0.1) is 5.25 Å². The molecule has 0 heterocycles. The standard InChI is InChI=1S/C8H19NO3S/c1-7(2)13(11,12)9-6-8(3)4-5-10/h7-10H,4-6H2,1-3H3. The van der Waals surface area contributed by atoms with Crippen molar-refractivity contribution < 1.29 is 13.5 Å². The number of rotatable bonds is 6. The highest BCUT2D eigenvalue weighted by atomic mass is 32.2. The fraction of sp³-hybridized carbons (Fsp3) is 1.00. The Morgan fingerprint density at radius 2 is 1.85 bits per heavy atom. The van der Waals surface area contributed by atoms with Crippen LogP contribution >= 0.6 is 0 Å². The van der Waals surface area contributed by atoms with E-state index in [0.717, 1.165) is 0 Å². The lowest BCUT2D eigenvalue weighted by atomic mass is 10.1. The van der Waals surface area contributed by atoms with Crippen LogP contribution in [-0.2, 0) is 10.0 Å². The Bertz CT molecular complexity index is 224. The molecular formula is C8H19NO3S. The Labute approximate surface area is 80.4 Å². The van der Waals surface area contributed by atoms with Gasteiger partial charge in [-0.25, -0.2) is 13.1 Å². The van der Waals surface area contributed by atoms with Crippen LogP contribution in [-0.4, -0.2) is 31.9 Å². The molecule has 0 amide bonds. The molecule has 0 rings (SSSR count). The first kappa shape index (κ1) is 12.9. The van der Waals surface area contributed by atoms with E-state index in [2.05, 4.69) is 4.72 Å². The van der Waals surface area contributed by atoms with Gasteiger partial charge in [0.1, 0.15) is 0 Å². The zero-order valence-corrected chi connectivity index (χ0v) is 9.26. The van der Waals surface area contributed by atoms with E-state index in [-0.39, 0.29) is 12.5 Å². The molecule has 0 aliphatic rings. The molecule has 2 N–H and O–H groups in total. The molecule has 1 atom stereocenters. The second-order valence-electron chi connectivity index (χ2n) is 3.56. The molecule has 0 saturated carbocycles. The number of aliphatic hydroxyl groups is 1. The summed E-state index contributed by atoms with van der Waals surface area (Å²) in [6.45, 7) is 5.68. The van der Waals surface area contributed by atoms with Gasteiger partial charge in [0, 0.05) is 13.2 Å². The van der Waals surface area contributed by atoms with E-state index in [4.69, 9.17) is 5.11 Å². The maximum atomic E-state index is 11.3. The fourth-order valence-corrected chi connectivity index (χ4v) is 1.60. The van der Waals surface area contributed by atoms with Gasteiger partial charge in [-0.15, -0.1) is 0 Å². The molecule has 0 aromatic rings. The monoisotopic (exact) mass is 209 g/mol. The maximum absolute atomic E-state index is 11.3. The highest BCUT2D eigenvalue weighted by Crippen LogP contribution is 2.01. The summed E-state index contributed by atoms with van der Waals surface area (Å²) in [5.74, 6) is 0.179. The molecule has 0 aromatic heterocycles. The van der Waals surface area contributed by atoms with E-state index < -0.39 is 15.3 Å². The molecule has 80 valence electrons. The Balaban J connectivity index is 3.89. The van der Waals surface area contributed by atoms with Crippen molar-refractivity contribution >= 4 is 10.0 Å². The summed E-state index contributed by atoms with van der Waals surface area (Å²) < 4.78 is 25.0. The molecule has 1 unspecified atom stereocenters. The summed E-state index contributed by atoms with van der Waals surface area (Å²) in [5, 5.41) is 8.20. The van der Waals surface area contributed by atoms with Gasteiger partial charge in [0.25, 0.3) is 0 Å². The summed E-state index contributed by atoms with van der Waals surface area (Å²) in [5.41, 5.74) is 0. The van der Waals surface area contributed by atoms with Gasteiger partial charge >= 0.3 is 0 Å². The summed E-state index contributed by atoms with van der Waals surface area (Å²) in [6.07, 6.45) is 0.626. The van der Waals surface area contributed by atoms with Crippen molar-refractivity contribution in [3.05, 3.63) is 0 Å². The lowest BCUT2D eigenvalue weighted by Crippen LogP contribution is -2.34. The zero-order valence-electron chi connectivity index (χ0n) is 8.45. The van der Waals surface area contributed by atoms with Crippen molar-refractivity contribution in [2.45, 2.75) is 32.4 Å². The number of hydrogen-bond acceptors (Lipinski definition) is 3. The second-order valence-corrected chi connectivity index (χ2v) is 5.88. The maximum Gasteiger partial charge on any atom is 0.213 e. The first-order chi connectivity index (χ1) is 5.90. The number of nitrogens with one attached hydrogen (secondary N) is 1. The van der Waals surface area contributed by atoms with Gasteiger partial charge in [-0.05, 0) is 26.2 Å². The van der Waals surface area contributed by atoms with Gasteiger partial charge in [-0.1, -0.05) is 6.92 Å². The Hall–Kier alpha value is -0.130. The quantitative estimate of drug-likeness (QED) is 0.662. The molecule has 0 aliphatic heterocycles. The molecule has 0 saturated heterocycles. The Morgan fingerprint density at radius 1 is 1.31 bits per heavy atom. The van der Waals surface area contributed by atoms with Crippen LogP contribution in [0.2, 0.25) is 0 Å². The number of aliphatic hydroxyl groups excluding tert-OH is 1. The third-order valence-electron chi connectivity index (χ3n) is 1.88. The van der Waals surface area contributed by atoms with Crippen molar-refractivity contribution in [2.24, 2.45) is 5.92 Å². The van der Waals surface area contributed by atoms with Gasteiger partial charge in [-0.2, -0.15) is 0 Å². The molecule has 5 heteroatoms. The normalized spacial score (nSPS) is 14.8. The van der Waals surface area contributed by atoms with Gasteiger partial charge in [0.15, 0.2) is 0 Å². The molecule has 0 spiro atoms. The highest BCUT2D eigenvalue weighted by molar-refractivity contribution is 7.90. The minimum absolute atomic E-state index is 0.102. The lowest BCUT2D eigenvalue weighted by molar-refractivity contribution is 0.263. The molecule has 4 nitrogen and oxygen atoms in total. The largest absolute Gasteiger partial charge is 0.396 e. The first-order valence-corrected chi connectivity index (χ1v) is 6.04. The minimum Gasteiger partial charge on any atom is -0.396 e. The number of hydrogen-bond donors (Lipinski definition) is 2. The average Bonchev–Trinajstić information content (AvgIpc) is 2.01. The highest BCUT2D eigenvalue weighted by Gasteiger charge is 2.15. The zero-order chi connectivity index (χ0) is 10.5. The smallest absolute Gasteiger partial charge is 0.213 e. The third kappa shape index (κ3) is 5.23. The van der Waals surface area contributed by atoms with E-state index in [1.54, 1.807) is 13.8 Å². The lowest BCUT2D eigenvalue weighted by Gasteiger charge is -2.13.